The van der Waals surface area contributed by atoms with Crippen molar-refractivity contribution < 1.29 is 13.2 Å². The minimum absolute atomic E-state index is 0.0626. The van der Waals surface area contributed by atoms with E-state index in [-0.39, 0.29) is 46.0 Å². The molecule has 0 bridgehead atoms. The zero-order chi connectivity index (χ0) is 30.2. The fraction of sp³-hybridized carbons (Fsp3) is 0.226. The maximum atomic E-state index is 15.1. The predicted octanol–water partition coefficient (Wildman–Crippen LogP) is 6.22. The molecular weight excluding hydrogens is 577 g/mol. The van der Waals surface area contributed by atoms with E-state index in [0.717, 1.165) is 5.56 Å². The molecule has 0 radical (unpaired) electrons. The number of hydrogen-bond donors (Lipinski definition) is 4. The molecule has 2 aromatic carbocycles. The number of nitrogens with zero attached hydrogens (tertiary/aromatic N) is 4. The van der Waals surface area contributed by atoms with E-state index in [1.165, 1.54) is 36.5 Å². The lowest BCUT2D eigenvalue weighted by molar-refractivity contribution is 0.253. The molecule has 2 aliphatic heterocycles. The highest BCUT2D eigenvalue weighted by atomic mass is 35.5. The number of aliphatic imine (C=N–C) groups is 1. The Morgan fingerprint density at radius 2 is 1.77 bits per heavy atom. The minimum Gasteiger partial charge on any atom is -0.340 e. The number of nitrogens with one attached hydrogen (secondary N) is 4. The summed E-state index contributed by atoms with van der Waals surface area (Å²) in [6, 6.07) is 8.61. The third-order valence-corrected chi connectivity index (χ3v) is 7.60. The summed E-state index contributed by atoms with van der Waals surface area (Å²) in [5.41, 5.74) is 2.98. The second-order valence-electron chi connectivity index (χ2n) is 10.7. The number of rotatable bonds is 4. The van der Waals surface area contributed by atoms with E-state index < -0.39 is 17.5 Å². The molecule has 0 spiro atoms. The third kappa shape index (κ3) is 5.91. The Balaban J connectivity index is 1.24. The molecule has 12 heteroatoms. The van der Waals surface area contributed by atoms with Crippen LogP contribution in [-0.2, 0) is 6.42 Å². The van der Waals surface area contributed by atoms with Crippen molar-refractivity contribution in [3.63, 3.8) is 0 Å². The summed E-state index contributed by atoms with van der Waals surface area (Å²) in [6.07, 6.45) is 6.85. The van der Waals surface area contributed by atoms with Crippen LogP contribution >= 0.6 is 11.6 Å². The number of benzene rings is 2. The van der Waals surface area contributed by atoms with Gasteiger partial charge in [0.1, 0.15) is 22.6 Å². The molecule has 3 aromatic rings. The Morgan fingerprint density at radius 1 is 1.02 bits per heavy atom. The van der Waals surface area contributed by atoms with Crippen LogP contribution in [0.15, 0.2) is 71.5 Å². The highest BCUT2D eigenvalue weighted by molar-refractivity contribution is 6.69. The summed E-state index contributed by atoms with van der Waals surface area (Å²) in [4.78, 5) is 15.2. The van der Waals surface area contributed by atoms with Crippen LogP contribution in [0.1, 0.15) is 30.7 Å². The highest BCUT2D eigenvalue weighted by Gasteiger charge is 2.28. The molecule has 1 aliphatic carbocycles. The Labute approximate surface area is 251 Å². The van der Waals surface area contributed by atoms with Gasteiger partial charge in [0.15, 0.2) is 5.96 Å². The summed E-state index contributed by atoms with van der Waals surface area (Å²) in [5, 5.41) is 17.8. The standard InChI is InChI=1S/C31H28ClF3N8/c1-16-14-43(15-17(2)39-16)30(36)41-26-9-7-19(10-25(26)35)40-31-38-12-18-6-8-20-21(28-23(33)4-3-5-24(28)34)11-27(32)37-13-22(20)29(18)42-31/h3-5,7-13,16-17,39H,6,14-15H2,1-2H3,(H2,36,41)(H,38,40,42). The van der Waals surface area contributed by atoms with E-state index in [0.29, 0.717) is 42.0 Å². The third-order valence-electron chi connectivity index (χ3n) is 7.39. The molecule has 1 aromatic heterocycles. The van der Waals surface area contributed by atoms with Crippen LogP contribution in [0.5, 0.6) is 0 Å². The lowest BCUT2D eigenvalue weighted by atomic mass is 9.84. The molecule has 1 fully saturated rings. The van der Waals surface area contributed by atoms with E-state index in [1.54, 1.807) is 18.3 Å². The molecule has 3 heterocycles. The van der Waals surface area contributed by atoms with Crippen molar-refractivity contribution in [2.24, 2.45) is 4.99 Å². The van der Waals surface area contributed by atoms with Gasteiger partial charge in [-0.25, -0.2) is 28.1 Å². The van der Waals surface area contributed by atoms with E-state index in [1.807, 2.05) is 24.8 Å². The number of fused-ring (bicyclic) bond motifs is 3. The molecule has 6 rings (SSSR count). The van der Waals surface area contributed by atoms with Gasteiger partial charge in [0.25, 0.3) is 0 Å². The summed E-state index contributed by atoms with van der Waals surface area (Å²) in [6.45, 7) is 5.38. The molecule has 220 valence electrons. The number of piperazine rings is 1. The average molecular weight is 605 g/mol. The maximum Gasteiger partial charge on any atom is 0.227 e. The largest absolute Gasteiger partial charge is 0.340 e. The normalized spacial score (nSPS) is 19.6. The van der Waals surface area contributed by atoms with Crippen molar-refractivity contribution in [2.45, 2.75) is 32.4 Å². The van der Waals surface area contributed by atoms with Crippen LogP contribution in [0.2, 0.25) is 0 Å². The Morgan fingerprint density at radius 3 is 2.49 bits per heavy atom. The quantitative estimate of drug-likeness (QED) is 0.208. The van der Waals surface area contributed by atoms with Gasteiger partial charge in [0.2, 0.25) is 5.95 Å². The zero-order valence-electron chi connectivity index (χ0n) is 23.4. The Bertz CT molecular complexity index is 1720. The predicted molar refractivity (Wildman–Crippen MR) is 164 cm³/mol. The van der Waals surface area contributed by atoms with Gasteiger partial charge >= 0.3 is 0 Å². The minimum atomic E-state index is -0.721. The van der Waals surface area contributed by atoms with Gasteiger partial charge in [0.05, 0.1) is 16.9 Å². The summed E-state index contributed by atoms with van der Waals surface area (Å²) in [5.74, 6) is -1.67. The fourth-order valence-corrected chi connectivity index (χ4v) is 5.70. The topological polar surface area (TPSA) is 101 Å². The molecule has 2 atom stereocenters. The van der Waals surface area contributed by atoms with Crippen molar-refractivity contribution in [1.29, 1.82) is 5.41 Å². The molecule has 43 heavy (non-hydrogen) atoms. The number of anilines is 3. The number of aromatic nitrogens is 2. The number of guanidine groups is 1. The second kappa shape index (κ2) is 11.7. The van der Waals surface area contributed by atoms with E-state index in [9.17, 15) is 8.78 Å². The molecule has 2 unspecified atom stereocenters. The van der Waals surface area contributed by atoms with Crippen molar-refractivity contribution in [3.8, 4) is 0 Å². The smallest absolute Gasteiger partial charge is 0.227 e. The van der Waals surface area contributed by atoms with Gasteiger partial charge in [0, 0.05) is 54.4 Å². The Hall–Kier alpha value is -4.48. The van der Waals surface area contributed by atoms with Gasteiger partial charge < -0.3 is 20.9 Å². The van der Waals surface area contributed by atoms with Gasteiger partial charge in [-0.05, 0) is 67.8 Å². The van der Waals surface area contributed by atoms with Crippen LogP contribution in [0.4, 0.5) is 30.5 Å². The van der Waals surface area contributed by atoms with Crippen molar-refractivity contribution in [1.82, 2.24) is 20.2 Å². The molecule has 3 aliphatic rings. The fourth-order valence-electron chi connectivity index (χ4n) is 5.55. The van der Waals surface area contributed by atoms with Crippen LogP contribution in [-0.4, -0.2) is 51.2 Å². The van der Waals surface area contributed by atoms with Crippen molar-refractivity contribution >= 4 is 51.2 Å². The first-order valence-corrected chi connectivity index (χ1v) is 14.1. The zero-order valence-corrected chi connectivity index (χ0v) is 24.1. The van der Waals surface area contributed by atoms with Crippen LogP contribution in [0, 0.1) is 22.9 Å². The van der Waals surface area contributed by atoms with Crippen molar-refractivity contribution in [2.75, 3.05) is 23.7 Å². The number of halogens is 4. The lowest BCUT2D eigenvalue weighted by Gasteiger charge is -2.37. The first-order valence-electron chi connectivity index (χ1n) is 13.8. The molecule has 1 saturated heterocycles. The van der Waals surface area contributed by atoms with Gasteiger partial charge in [-0.15, -0.1) is 0 Å². The van der Waals surface area contributed by atoms with E-state index in [4.69, 9.17) is 17.0 Å². The maximum absolute atomic E-state index is 15.1. The molecule has 4 N–H and O–H groups in total. The molecule has 8 nitrogen and oxygen atoms in total. The second-order valence-corrected chi connectivity index (χ2v) is 11.1. The molecule has 0 saturated carbocycles. The van der Waals surface area contributed by atoms with E-state index >= 15 is 4.39 Å². The van der Waals surface area contributed by atoms with Crippen LogP contribution in [0.25, 0.3) is 11.1 Å². The monoisotopic (exact) mass is 604 g/mol. The number of allylic oxidation sites excluding steroid dienone is 5. The molecular formula is C31H28ClF3N8. The summed E-state index contributed by atoms with van der Waals surface area (Å²) >= 11 is 6.27. The van der Waals surface area contributed by atoms with Crippen LogP contribution in [0.3, 0.4) is 0 Å². The summed E-state index contributed by atoms with van der Waals surface area (Å²) in [7, 11) is 0. The van der Waals surface area contributed by atoms with Gasteiger partial charge in [-0.2, -0.15) is 0 Å². The summed E-state index contributed by atoms with van der Waals surface area (Å²) < 4.78 is 44.7. The Kier molecular flexibility index (Phi) is 7.76. The molecule has 0 amide bonds. The first-order chi connectivity index (χ1) is 20.7. The van der Waals surface area contributed by atoms with Gasteiger partial charge in [-0.1, -0.05) is 23.7 Å². The van der Waals surface area contributed by atoms with Gasteiger partial charge in [-0.3, -0.25) is 5.41 Å². The average Bonchev–Trinajstić information content (AvgIpc) is 3.12. The van der Waals surface area contributed by atoms with Crippen molar-refractivity contribution in [3.05, 3.63) is 101 Å². The number of hydrogen-bond acceptors (Lipinski definition) is 6. The highest BCUT2D eigenvalue weighted by Crippen LogP contribution is 2.41. The van der Waals surface area contributed by atoms with E-state index in [2.05, 4.69) is 30.9 Å². The van der Waals surface area contributed by atoms with Crippen LogP contribution < -0.4 is 16.0 Å². The lowest BCUT2D eigenvalue weighted by Crippen LogP contribution is -2.56. The SMILES string of the molecule is CC1CN(C(=N)Nc2ccc(Nc3ncc4c(n3)C3=CN=C(Cl)C=C(c5c(F)cccc5F)C3=CC4)cc2F)CC(C)N1. The first kappa shape index (κ1) is 28.6.